The summed E-state index contributed by atoms with van der Waals surface area (Å²) >= 11 is 0. The Balaban J connectivity index is 0.00000264. The molecule has 0 amide bonds. The van der Waals surface area contributed by atoms with E-state index in [4.69, 9.17) is 10.5 Å². The lowest BCUT2D eigenvalue weighted by Gasteiger charge is -2.13. The number of nitrogens with zero attached hydrogens (tertiary/aromatic N) is 1. The van der Waals surface area contributed by atoms with Crippen molar-refractivity contribution in [2.75, 3.05) is 25.6 Å². The molecule has 2 aromatic carbocycles. The molecule has 1 unspecified atom stereocenters. The predicted octanol–water partition coefficient (Wildman–Crippen LogP) is 2.82. The first-order valence-corrected chi connectivity index (χ1v) is 7.10. The molecule has 1 atom stereocenters. The van der Waals surface area contributed by atoms with E-state index in [-0.39, 0.29) is 36.5 Å². The molecule has 2 aromatic rings. The van der Waals surface area contributed by atoms with Crippen LogP contribution in [0.3, 0.4) is 0 Å². The standard InChI is InChI=1S/C17H21N3O2.HI/c1-22-16-10-6-5-9-15(16)20-17(18)19-11-14(12-21)13-7-3-2-4-8-13;/h2-10,14,21H,11-12H2,1H3,(H3,18,19,20);1H. The van der Waals surface area contributed by atoms with Gasteiger partial charge < -0.3 is 20.9 Å². The Bertz CT molecular complexity index is 620. The number of hydrogen-bond acceptors (Lipinski definition) is 3. The van der Waals surface area contributed by atoms with Crippen molar-refractivity contribution in [1.29, 1.82) is 0 Å². The minimum Gasteiger partial charge on any atom is -0.495 e. The summed E-state index contributed by atoms with van der Waals surface area (Å²) in [6, 6.07) is 17.3. The Morgan fingerprint density at radius 2 is 1.83 bits per heavy atom. The SMILES string of the molecule is COc1ccccc1NC(N)=NCC(CO)c1ccccc1.I. The molecule has 124 valence electrons. The summed E-state index contributed by atoms with van der Waals surface area (Å²) in [5, 5.41) is 12.5. The summed E-state index contributed by atoms with van der Waals surface area (Å²) in [7, 11) is 1.60. The average molecular weight is 427 g/mol. The maximum atomic E-state index is 9.51. The summed E-state index contributed by atoms with van der Waals surface area (Å²) < 4.78 is 5.25. The van der Waals surface area contributed by atoms with Crippen molar-refractivity contribution in [2.24, 2.45) is 10.7 Å². The molecule has 5 nitrogen and oxygen atoms in total. The highest BCUT2D eigenvalue weighted by atomic mass is 127. The van der Waals surface area contributed by atoms with Crippen molar-refractivity contribution in [3.05, 3.63) is 60.2 Å². The maximum absolute atomic E-state index is 9.51. The van der Waals surface area contributed by atoms with Crippen molar-refractivity contribution in [3.63, 3.8) is 0 Å². The van der Waals surface area contributed by atoms with Gasteiger partial charge in [0.1, 0.15) is 5.75 Å². The number of aliphatic hydroxyl groups excluding tert-OH is 1. The molecule has 0 heterocycles. The highest BCUT2D eigenvalue weighted by molar-refractivity contribution is 14.0. The van der Waals surface area contributed by atoms with Crippen LogP contribution in [0.5, 0.6) is 5.75 Å². The number of anilines is 1. The number of nitrogens with two attached hydrogens (primary N) is 1. The van der Waals surface area contributed by atoms with Gasteiger partial charge in [0.05, 0.1) is 25.9 Å². The van der Waals surface area contributed by atoms with Gasteiger partial charge in [-0.05, 0) is 17.7 Å². The van der Waals surface area contributed by atoms with E-state index in [9.17, 15) is 5.11 Å². The predicted molar refractivity (Wildman–Crippen MR) is 105 cm³/mol. The minimum atomic E-state index is -0.0702. The van der Waals surface area contributed by atoms with Crippen molar-refractivity contribution in [1.82, 2.24) is 0 Å². The van der Waals surface area contributed by atoms with Crippen molar-refractivity contribution < 1.29 is 9.84 Å². The Morgan fingerprint density at radius 1 is 1.17 bits per heavy atom. The molecule has 0 bridgehead atoms. The molecule has 0 saturated heterocycles. The Hall–Kier alpha value is -1.80. The molecule has 2 rings (SSSR count). The van der Waals surface area contributed by atoms with Crippen LogP contribution in [0, 0.1) is 0 Å². The summed E-state index contributed by atoms with van der Waals surface area (Å²) in [5.74, 6) is 0.917. The van der Waals surface area contributed by atoms with E-state index in [0.29, 0.717) is 18.3 Å². The first kappa shape index (κ1) is 19.2. The summed E-state index contributed by atoms with van der Waals surface area (Å²) in [6.45, 7) is 0.434. The number of nitrogens with one attached hydrogen (secondary N) is 1. The second-order valence-electron chi connectivity index (χ2n) is 4.84. The van der Waals surface area contributed by atoms with E-state index in [1.807, 2.05) is 54.6 Å². The number of rotatable bonds is 6. The van der Waals surface area contributed by atoms with E-state index < -0.39 is 0 Å². The van der Waals surface area contributed by atoms with Gasteiger partial charge in [-0.1, -0.05) is 42.5 Å². The van der Waals surface area contributed by atoms with Crippen LogP contribution in [0.25, 0.3) is 0 Å². The number of ether oxygens (including phenoxy) is 1. The Morgan fingerprint density at radius 3 is 2.48 bits per heavy atom. The van der Waals surface area contributed by atoms with Crippen LogP contribution in [0.2, 0.25) is 0 Å². The highest BCUT2D eigenvalue weighted by Gasteiger charge is 2.10. The number of guanidine groups is 1. The van der Waals surface area contributed by atoms with E-state index >= 15 is 0 Å². The third-order valence-electron chi connectivity index (χ3n) is 3.34. The molecule has 0 fully saturated rings. The fourth-order valence-electron chi connectivity index (χ4n) is 2.13. The zero-order valence-corrected chi connectivity index (χ0v) is 15.3. The van der Waals surface area contributed by atoms with Gasteiger partial charge in [0, 0.05) is 5.92 Å². The zero-order chi connectivity index (χ0) is 15.8. The highest BCUT2D eigenvalue weighted by Crippen LogP contribution is 2.22. The monoisotopic (exact) mass is 427 g/mol. The van der Waals surface area contributed by atoms with Gasteiger partial charge in [0.2, 0.25) is 0 Å². The fraction of sp³-hybridized carbons (Fsp3) is 0.235. The summed E-state index contributed by atoms with van der Waals surface area (Å²) in [5.41, 5.74) is 7.71. The molecule has 0 radical (unpaired) electrons. The van der Waals surface area contributed by atoms with Crippen LogP contribution in [0.15, 0.2) is 59.6 Å². The molecule has 0 spiro atoms. The number of methoxy groups -OCH3 is 1. The van der Waals surface area contributed by atoms with Crippen LogP contribution in [-0.2, 0) is 0 Å². The number of aliphatic imine (C=N–C) groups is 1. The number of halogens is 1. The molecular weight excluding hydrogens is 405 g/mol. The van der Waals surface area contributed by atoms with E-state index in [1.165, 1.54) is 0 Å². The zero-order valence-electron chi connectivity index (χ0n) is 13.0. The van der Waals surface area contributed by atoms with Gasteiger partial charge in [-0.2, -0.15) is 0 Å². The largest absolute Gasteiger partial charge is 0.495 e. The number of aliphatic hydroxyl groups is 1. The fourth-order valence-corrected chi connectivity index (χ4v) is 2.13. The molecule has 0 aliphatic heterocycles. The topological polar surface area (TPSA) is 79.9 Å². The third-order valence-corrected chi connectivity index (χ3v) is 3.34. The van der Waals surface area contributed by atoms with E-state index in [0.717, 1.165) is 11.3 Å². The van der Waals surface area contributed by atoms with Gasteiger partial charge in [0.15, 0.2) is 5.96 Å². The molecule has 0 aliphatic rings. The normalized spacial score (nSPS) is 12.2. The van der Waals surface area contributed by atoms with E-state index in [2.05, 4.69) is 10.3 Å². The Kier molecular flexibility index (Phi) is 8.42. The van der Waals surface area contributed by atoms with Crippen molar-refractivity contribution in [2.45, 2.75) is 5.92 Å². The first-order valence-electron chi connectivity index (χ1n) is 7.10. The lowest BCUT2D eigenvalue weighted by atomic mass is 10.0. The molecule has 0 saturated carbocycles. The summed E-state index contributed by atoms with van der Waals surface area (Å²) in [6.07, 6.45) is 0. The average Bonchev–Trinajstić information content (AvgIpc) is 2.57. The molecular formula is C17H22IN3O2. The summed E-state index contributed by atoms with van der Waals surface area (Å²) in [4.78, 5) is 4.31. The van der Waals surface area contributed by atoms with Crippen LogP contribution in [0.4, 0.5) is 5.69 Å². The van der Waals surface area contributed by atoms with Crippen LogP contribution >= 0.6 is 24.0 Å². The lowest BCUT2D eigenvalue weighted by molar-refractivity contribution is 0.268. The lowest BCUT2D eigenvalue weighted by Crippen LogP contribution is -2.24. The quantitative estimate of drug-likeness (QED) is 0.376. The van der Waals surface area contributed by atoms with Gasteiger partial charge in [0.25, 0.3) is 0 Å². The second-order valence-corrected chi connectivity index (χ2v) is 4.84. The van der Waals surface area contributed by atoms with Crippen molar-refractivity contribution >= 4 is 35.6 Å². The van der Waals surface area contributed by atoms with Crippen LogP contribution < -0.4 is 15.8 Å². The number of para-hydroxylation sites is 2. The molecule has 0 aliphatic carbocycles. The molecule has 4 N–H and O–H groups in total. The van der Waals surface area contributed by atoms with Crippen LogP contribution in [-0.4, -0.2) is 31.3 Å². The Labute approximate surface area is 153 Å². The second kappa shape index (κ2) is 10.1. The maximum Gasteiger partial charge on any atom is 0.193 e. The minimum absolute atomic E-state index is 0. The van der Waals surface area contributed by atoms with Gasteiger partial charge >= 0.3 is 0 Å². The third kappa shape index (κ3) is 5.72. The molecule has 23 heavy (non-hydrogen) atoms. The van der Waals surface area contributed by atoms with E-state index in [1.54, 1.807) is 7.11 Å². The van der Waals surface area contributed by atoms with Gasteiger partial charge in [-0.25, -0.2) is 0 Å². The first-order chi connectivity index (χ1) is 10.7. The van der Waals surface area contributed by atoms with Crippen molar-refractivity contribution in [3.8, 4) is 5.75 Å². The molecule has 0 aromatic heterocycles. The number of hydrogen-bond donors (Lipinski definition) is 3. The van der Waals surface area contributed by atoms with Gasteiger partial charge in [-0.3, -0.25) is 4.99 Å². The van der Waals surface area contributed by atoms with Gasteiger partial charge in [-0.15, -0.1) is 24.0 Å². The number of benzene rings is 2. The van der Waals surface area contributed by atoms with Crippen LogP contribution in [0.1, 0.15) is 11.5 Å². The smallest absolute Gasteiger partial charge is 0.193 e. The molecule has 6 heteroatoms.